The normalized spacial score (nSPS) is 16.1. The van der Waals surface area contributed by atoms with Gasteiger partial charge in [0.15, 0.2) is 6.10 Å². The Kier molecular flexibility index (Phi) is 4.86. The molecule has 0 radical (unpaired) electrons. The molecule has 0 saturated carbocycles. The van der Waals surface area contributed by atoms with Crippen molar-refractivity contribution in [1.82, 2.24) is 10.6 Å². The van der Waals surface area contributed by atoms with Gasteiger partial charge < -0.3 is 15.7 Å². The van der Waals surface area contributed by atoms with Crippen LogP contribution in [0.2, 0.25) is 0 Å². The van der Waals surface area contributed by atoms with Gasteiger partial charge in [-0.25, -0.2) is 0 Å². The Morgan fingerprint density at radius 3 is 2.36 bits per heavy atom. The van der Waals surface area contributed by atoms with Gasteiger partial charge in [0.25, 0.3) is 0 Å². The highest BCUT2D eigenvalue weighted by atomic mass is 19.4. The first kappa shape index (κ1) is 13.2. The van der Waals surface area contributed by atoms with Crippen molar-refractivity contribution in [1.29, 1.82) is 0 Å². The van der Waals surface area contributed by atoms with Crippen LogP contribution in [0, 0.1) is 0 Å². The third-order valence-corrected chi connectivity index (χ3v) is 1.63. The number of alkyl halides is 3. The summed E-state index contributed by atoms with van der Waals surface area (Å²) in [7, 11) is 1.38. The minimum absolute atomic E-state index is 0.431. The van der Waals surface area contributed by atoms with Crippen molar-refractivity contribution in [3.8, 4) is 0 Å². The lowest BCUT2D eigenvalue weighted by Crippen LogP contribution is -2.46. The van der Waals surface area contributed by atoms with Gasteiger partial charge >= 0.3 is 6.18 Å². The second-order valence-corrected chi connectivity index (χ2v) is 2.80. The van der Waals surface area contributed by atoms with Gasteiger partial charge in [-0.05, 0) is 6.92 Å². The molecule has 14 heavy (non-hydrogen) atoms. The molecule has 0 bridgehead atoms. The van der Waals surface area contributed by atoms with Crippen molar-refractivity contribution >= 4 is 5.91 Å². The Balaban J connectivity index is 3.89. The fraction of sp³-hybridized carbons (Fsp3) is 0.857. The van der Waals surface area contributed by atoms with Gasteiger partial charge in [-0.1, -0.05) is 0 Å². The Morgan fingerprint density at radius 1 is 1.50 bits per heavy atom. The van der Waals surface area contributed by atoms with Gasteiger partial charge in [-0.15, -0.1) is 0 Å². The van der Waals surface area contributed by atoms with Crippen molar-refractivity contribution in [2.75, 3.05) is 13.6 Å². The minimum Gasteiger partial charge on any atom is -0.382 e. The average molecular weight is 214 g/mol. The predicted octanol–water partition coefficient (Wildman–Crippen LogP) is -0.366. The Labute approximate surface area is 79.5 Å². The van der Waals surface area contributed by atoms with E-state index in [2.05, 4.69) is 10.6 Å². The Hall–Kier alpha value is -0.820. The topological polar surface area (TPSA) is 61.4 Å². The Bertz CT molecular complexity index is 196. The summed E-state index contributed by atoms with van der Waals surface area (Å²) in [6.45, 7) is 0.708. The van der Waals surface area contributed by atoms with E-state index < -0.39 is 30.8 Å². The lowest BCUT2D eigenvalue weighted by atomic mass is 10.2. The van der Waals surface area contributed by atoms with Gasteiger partial charge in [0, 0.05) is 13.6 Å². The zero-order valence-corrected chi connectivity index (χ0v) is 7.85. The largest absolute Gasteiger partial charge is 0.415 e. The third-order valence-electron chi connectivity index (χ3n) is 1.63. The van der Waals surface area contributed by atoms with E-state index in [4.69, 9.17) is 5.11 Å². The second kappa shape index (κ2) is 5.16. The smallest absolute Gasteiger partial charge is 0.382 e. The lowest BCUT2D eigenvalue weighted by molar-refractivity contribution is -0.202. The molecule has 2 atom stereocenters. The van der Waals surface area contributed by atoms with Crippen LogP contribution in [0.15, 0.2) is 0 Å². The molecule has 0 aromatic carbocycles. The summed E-state index contributed by atoms with van der Waals surface area (Å²) in [5, 5.41) is 13.1. The standard InChI is InChI=1S/C7H13F3N2O2/c1-4(6(14)11-2)12-3-5(13)7(8,9)10/h4-5,12-13H,3H2,1-2H3,(H,11,14). The summed E-state index contributed by atoms with van der Waals surface area (Å²) in [5.41, 5.74) is 0. The SMILES string of the molecule is CNC(=O)C(C)NCC(O)C(F)(F)F. The zero-order valence-electron chi connectivity index (χ0n) is 7.85. The maximum absolute atomic E-state index is 11.8. The van der Waals surface area contributed by atoms with Gasteiger partial charge in [0.2, 0.25) is 5.91 Å². The first-order chi connectivity index (χ1) is 6.29. The monoisotopic (exact) mass is 214 g/mol. The summed E-state index contributed by atoms with van der Waals surface area (Å²) in [6.07, 6.45) is -7.11. The molecule has 0 aromatic heterocycles. The van der Waals surface area contributed by atoms with Crippen LogP contribution in [0.4, 0.5) is 13.2 Å². The van der Waals surface area contributed by atoms with Gasteiger partial charge in [0.05, 0.1) is 6.04 Å². The molecule has 0 rings (SSSR count). The van der Waals surface area contributed by atoms with Crippen LogP contribution in [-0.4, -0.2) is 42.9 Å². The highest BCUT2D eigenvalue weighted by Gasteiger charge is 2.38. The maximum atomic E-state index is 11.8. The van der Waals surface area contributed by atoms with Crippen LogP contribution in [-0.2, 0) is 4.79 Å². The van der Waals surface area contributed by atoms with E-state index in [1.54, 1.807) is 0 Å². The second-order valence-electron chi connectivity index (χ2n) is 2.80. The summed E-state index contributed by atoms with van der Waals surface area (Å²) in [4.78, 5) is 10.8. The zero-order chi connectivity index (χ0) is 11.4. The number of hydrogen-bond acceptors (Lipinski definition) is 3. The molecular formula is C7H13F3N2O2. The summed E-state index contributed by atoms with van der Waals surface area (Å²) in [6, 6.07) is -0.767. The van der Waals surface area contributed by atoms with E-state index in [1.165, 1.54) is 14.0 Å². The fourth-order valence-corrected chi connectivity index (χ4v) is 0.713. The first-order valence-corrected chi connectivity index (χ1v) is 3.98. The molecule has 0 saturated heterocycles. The number of carbonyl (C=O) groups is 1. The van der Waals surface area contributed by atoms with E-state index in [1.807, 2.05) is 0 Å². The number of amides is 1. The highest BCUT2D eigenvalue weighted by Crippen LogP contribution is 2.19. The summed E-state index contributed by atoms with van der Waals surface area (Å²) >= 11 is 0. The first-order valence-electron chi connectivity index (χ1n) is 3.98. The van der Waals surface area contributed by atoms with Crippen molar-refractivity contribution in [2.24, 2.45) is 0 Å². The van der Waals surface area contributed by atoms with Gasteiger partial charge in [-0.3, -0.25) is 4.79 Å². The van der Waals surface area contributed by atoms with Crippen molar-refractivity contribution in [3.63, 3.8) is 0 Å². The molecular weight excluding hydrogens is 201 g/mol. The molecule has 7 heteroatoms. The van der Waals surface area contributed by atoms with Crippen molar-refractivity contribution in [3.05, 3.63) is 0 Å². The number of likely N-dealkylation sites (N-methyl/N-ethyl adjacent to an activating group) is 1. The van der Waals surface area contributed by atoms with Crippen molar-refractivity contribution in [2.45, 2.75) is 25.2 Å². The molecule has 0 aliphatic carbocycles. The van der Waals surface area contributed by atoms with E-state index in [-0.39, 0.29) is 0 Å². The molecule has 84 valence electrons. The van der Waals surface area contributed by atoms with E-state index in [9.17, 15) is 18.0 Å². The number of rotatable bonds is 4. The van der Waals surface area contributed by atoms with E-state index in [0.29, 0.717) is 0 Å². The molecule has 0 aromatic rings. The molecule has 4 nitrogen and oxygen atoms in total. The molecule has 0 spiro atoms. The third kappa shape index (κ3) is 4.43. The van der Waals surface area contributed by atoms with Crippen LogP contribution >= 0.6 is 0 Å². The van der Waals surface area contributed by atoms with Crippen LogP contribution in [0.1, 0.15) is 6.92 Å². The number of aliphatic hydroxyl groups is 1. The number of aliphatic hydroxyl groups excluding tert-OH is 1. The molecule has 2 unspecified atom stereocenters. The van der Waals surface area contributed by atoms with Crippen molar-refractivity contribution < 1.29 is 23.1 Å². The average Bonchev–Trinajstić information content (AvgIpc) is 2.10. The highest BCUT2D eigenvalue weighted by molar-refractivity contribution is 5.80. The molecule has 1 amide bonds. The molecule has 0 aliphatic rings. The Morgan fingerprint density at radius 2 is 2.00 bits per heavy atom. The minimum atomic E-state index is -4.66. The summed E-state index contributed by atoms with van der Waals surface area (Å²) < 4.78 is 35.4. The molecule has 3 N–H and O–H groups in total. The summed E-state index contributed by atoms with van der Waals surface area (Å²) in [5.74, 6) is -0.431. The van der Waals surface area contributed by atoms with Gasteiger partial charge in [0.1, 0.15) is 0 Å². The number of nitrogens with one attached hydrogen (secondary N) is 2. The number of carbonyl (C=O) groups excluding carboxylic acids is 1. The number of halogens is 3. The fourth-order valence-electron chi connectivity index (χ4n) is 0.713. The van der Waals surface area contributed by atoms with Crippen LogP contribution in [0.5, 0.6) is 0 Å². The lowest BCUT2D eigenvalue weighted by Gasteiger charge is -2.17. The quantitative estimate of drug-likeness (QED) is 0.598. The number of hydrogen-bond donors (Lipinski definition) is 3. The molecule has 0 heterocycles. The maximum Gasteiger partial charge on any atom is 0.415 e. The van der Waals surface area contributed by atoms with Crippen LogP contribution in [0.3, 0.4) is 0 Å². The van der Waals surface area contributed by atoms with Crippen LogP contribution in [0.25, 0.3) is 0 Å². The van der Waals surface area contributed by atoms with E-state index in [0.717, 1.165) is 0 Å². The van der Waals surface area contributed by atoms with Gasteiger partial charge in [-0.2, -0.15) is 13.2 Å². The van der Waals surface area contributed by atoms with E-state index >= 15 is 0 Å². The van der Waals surface area contributed by atoms with Crippen LogP contribution < -0.4 is 10.6 Å². The predicted molar refractivity (Wildman–Crippen MR) is 43.6 cm³/mol. The molecule has 0 fully saturated rings. The molecule has 0 aliphatic heterocycles.